The normalized spacial score (nSPS) is 11.4. The van der Waals surface area contributed by atoms with E-state index in [2.05, 4.69) is 4.98 Å². The number of ether oxygens (including phenoxy) is 2. The molecule has 2 heterocycles. The highest BCUT2D eigenvalue weighted by molar-refractivity contribution is 7.90. The van der Waals surface area contributed by atoms with Crippen LogP contribution in [0.2, 0.25) is 0 Å². The van der Waals surface area contributed by atoms with Crippen molar-refractivity contribution in [1.82, 2.24) is 8.96 Å². The molecule has 0 saturated heterocycles. The maximum atomic E-state index is 13.7. The third-order valence-electron chi connectivity index (χ3n) is 6.25. The Bertz CT molecular complexity index is 1740. The Morgan fingerprint density at radius 3 is 2.38 bits per heavy atom. The maximum Gasteiger partial charge on any atom is 0.269 e. The summed E-state index contributed by atoms with van der Waals surface area (Å²) in [5, 5.41) is 8.66. The molecule has 2 aromatic heterocycles. The zero-order valence-electron chi connectivity index (χ0n) is 20.6. The van der Waals surface area contributed by atoms with Gasteiger partial charge in [0.05, 0.1) is 19.1 Å². The predicted molar refractivity (Wildman–Crippen MR) is 145 cm³/mol. The summed E-state index contributed by atoms with van der Waals surface area (Å²) in [4.78, 5) is 4.80. The molecule has 0 unspecified atom stereocenters. The van der Waals surface area contributed by atoms with Gasteiger partial charge in [0, 0.05) is 40.0 Å². The van der Waals surface area contributed by atoms with Crippen LogP contribution in [0.3, 0.4) is 0 Å². The second-order valence-electron chi connectivity index (χ2n) is 8.57. The van der Waals surface area contributed by atoms with Gasteiger partial charge in [-0.25, -0.2) is 17.4 Å². The maximum absolute atomic E-state index is 13.7. The lowest BCUT2D eigenvalue weighted by molar-refractivity contribution is 0.401. The smallest absolute Gasteiger partial charge is 0.269 e. The van der Waals surface area contributed by atoms with Crippen LogP contribution in [0.25, 0.3) is 33.3 Å². The summed E-state index contributed by atoms with van der Waals surface area (Å²) in [5.41, 5.74) is 4.95. The van der Waals surface area contributed by atoms with Crippen molar-refractivity contribution in [1.29, 1.82) is 5.41 Å². The van der Waals surface area contributed by atoms with Gasteiger partial charge in [-0.05, 0) is 48.9 Å². The number of para-hydroxylation sites is 1. The molecular weight excluding hydrogens is 486 g/mol. The second kappa shape index (κ2) is 9.55. The summed E-state index contributed by atoms with van der Waals surface area (Å²) in [5.74, 6) is 0.677. The van der Waals surface area contributed by atoms with Gasteiger partial charge in [0.2, 0.25) is 5.90 Å². The largest absolute Gasteiger partial charge is 0.496 e. The van der Waals surface area contributed by atoms with Crippen molar-refractivity contribution in [2.24, 2.45) is 0 Å². The van der Waals surface area contributed by atoms with Crippen LogP contribution in [0, 0.1) is 12.3 Å². The van der Waals surface area contributed by atoms with Crippen molar-refractivity contribution >= 4 is 27.0 Å². The van der Waals surface area contributed by atoms with Crippen LogP contribution in [-0.4, -0.2) is 37.5 Å². The molecule has 0 atom stereocenters. The molecule has 1 N–H and O–H groups in total. The standard InChI is InChI=1S/C29H25N3O4S/c1-19-11-13-23(14-12-19)37(33,34)32-18-26(24-9-4-5-10-27(24)35-2)25-16-22(17-31-29(25)32)20-7-6-8-21(15-20)28(30)36-3/h4-18,30H,1-3H3. The van der Waals surface area contributed by atoms with E-state index in [4.69, 9.17) is 14.9 Å². The Balaban J connectivity index is 1.77. The summed E-state index contributed by atoms with van der Waals surface area (Å²) >= 11 is 0. The Labute approximate surface area is 215 Å². The van der Waals surface area contributed by atoms with Gasteiger partial charge >= 0.3 is 0 Å². The number of methoxy groups -OCH3 is 2. The topological polar surface area (TPSA) is 94.3 Å². The van der Waals surface area contributed by atoms with Crippen molar-refractivity contribution in [2.45, 2.75) is 11.8 Å². The van der Waals surface area contributed by atoms with E-state index in [-0.39, 0.29) is 10.8 Å². The van der Waals surface area contributed by atoms with Gasteiger partial charge in [-0.15, -0.1) is 0 Å². The van der Waals surface area contributed by atoms with Gasteiger partial charge < -0.3 is 9.47 Å². The van der Waals surface area contributed by atoms with Crippen molar-refractivity contribution in [2.75, 3.05) is 14.2 Å². The number of aryl methyl sites for hydroxylation is 1. The van der Waals surface area contributed by atoms with Gasteiger partial charge in [0.25, 0.3) is 10.0 Å². The van der Waals surface area contributed by atoms with Crippen LogP contribution in [0.1, 0.15) is 11.1 Å². The molecule has 3 aromatic carbocycles. The summed E-state index contributed by atoms with van der Waals surface area (Å²) in [6.45, 7) is 1.91. The summed E-state index contributed by atoms with van der Waals surface area (Å²) in [6.07, 6.45) is 3.25. The van der Waals surface area contributed by atoms with E-state index in [1.165, 1.54) is 11.1 Å². The minimum Gasteiger partial charge on any atom is -0.496 e. The lowest BCUT2D eigenvalue weighted by atomic mass is 10.0. The lowest BCUT2D eigenvalue weighted by Crippen LogP contribution is -2.12. The second-order valence-corrected chi connectivity index (χ2v) is 10.4. The van der Waals surface area contributed by atoms with E-state index in [0.717, 1.165) is 22.3 Å². The van der Waals surface area contributed by atoms with Crippen molar-refractivity contribution in [3.63, 3.8) is 0 Å². The molecule has 0 bridgehead atoms. The molecule has 5 rings (SSSR count). The van der Waals surface area contributed by atoms with Gasteiger partial charge in [0.15, 0.2) is 5.65 Å². The number of fused-ring (bicyclic) bond motifs is 1. The fourth-order valence-electron chi connectivity index (χ4n) is 4.28. The number of pyridine rings is 1. The highest BCUT2D eigenvalue weighted by atomic mass is 32.2. The molecule has 0 aliphatic heterocycles. The lowest BCUT2D eigenvalue weighted by Gasteiger charge is -2.09. The monoisotopic (exact) mass is 511 g/mol. The van der Waals surface area contributed by atoms with Crippen LogP contribution in [-0.2, 0) is 14.8 Å². The molecule has 0 aliphatic carbocycles. The molecule has 0 spiro atoms. The average Bonchev–Trinajstić information content (AvgIpc) is 3.32. The van der Waals surface area contributed by atoms with Crippen molar-refractivity contribution < 1.29 is 17.9 Å². The number of benzene rings is 3. The highest BCUT2D eigenvalue weighted by Crippen LogP contribution is 2.38. The van der Waals surface area contributed by atoms with Gasteiger partial charge in [-0.3, -0.25) is 5.41 Å². The Morgan fingerprint density at radius 1 is 0.892 bits per heavy atom. The third kappa shape index (κ3) is 4.36. The summed E-state index contributed by atoms with van der Waals surface area (Å²) in [7, 11) is -0.877. The number of aromatic nitrogens is 2. The van der Waals surface area contributed by atoms with Crippen molar-refractivity contribution in [3.8, 4) is 28.0 Å². The first kappa shape index (κ1) is 24.3. The predicted octanol–water partition coefficient (Wildman–Crippen LogP) is 5.90. The molecule has 0 saturated carbocycles. The molecule has 0 amide bonds. The Kier molecular flexibility index (Phi) is 6.27. The average molecular weight is 512 g/mol. The number of nitrogens with one attached hydrogen (secondary N) is 1. The zero-order valence-corrected chi connectivity index (χ0v) is 21.4. The fourth-order valence-corrected chi connectivity index (χ4v) is 5.61. The summed E-state index contributed by atoms with van der Waals surface area (Å²) in [6, 6.07) is 23.5. The minimum absolute atomic E-state index is 0.0564. The first-order valence-electron chi connectivity index (χ1n) is 11.5. The van der Waals surface area contributed by atoms with E-state index in [1.54, 1.807) is 49.8 Å². The minimum atomic E-state index is -3.92. The van der Waals surface area contributed by atoms with Crippen LogP contribution in [0.15, 0.2) is 96.2 Å². The van der Waals surface area contributed by atoms with E-state index < -0.39 is 10.0 Å². The van der Waals surface area contributed by atoms with Crippen molar-refractivity contribution in [3.05, 3.63) is 102 Å². The van der Waals surface area contributed by atoms with Crippen LogP contribution in [0.5, 0.6) is 5.75 Å². The molecular formula is C29H25N3O4S. The van der Waals surface area contributed by atoms with E-state index in [0.29, 0.717) is 27.9 Å². The number of hydrogen-bond donors (Lipinski definition) is 1. The zero-order chi connectivity index (χ0) is 26.2. The number of nitrogens with zero attached hydrogens (tertiary/aromatic N) is 2. The van der Waals surface area contributed by atoms with Gasteiger partial charge in [-0.1, -0.05) is 48.0 Å². The van der Waals surface area contributed by atoms with E-state index >= 15 is 0 Å². The molecule has 5 aromatic rings. The SMILES string of the molecule is COC(=N)c1cccc(-c2cnc3c(c2)c(-c2ccccc2OC)cn3S(=O)(=O)c2ccc(C)cc2)c1. The Morgan fingerprint density at radius 2 is 1.65 bits per heavy atom. The van der Waals surface area contributed by atoms with E-state index in [1.807, 2.05) is 55.5 Å². The molecule has 0 radical (unpaired) electrons. The fraction of sp³-hybridized carbons (Fsp3) is 0.103. The summed E-state index contributed by atoms with van der Waals surface area (Å²) < 4.78 is 39.3. The van der Waals surface area contributed by atoms with E-state index in [9.17, 15) is 8.42 Å². The van der Waals surface area contributed by atoms with Crippen LogP contribution >= 0.6 is 0 Å². The van der Waals surface area contributed by atoms with Gasteiger partial charge in [0.1, 0.15) is 5.75 Å². The van der Waals surface area contributed by atoms with Gasteiger partial charge in [-0.2, -0.15) is 0 Å². The molecule has 186 valence electrons. The molecule has 7 nitrogen and oxygen atoms in total. The Hall–Kier alpha value is -4.43. The molecule has 37 heavy (non-hydrogen) atoms. The molecule has 0 fully saturated rings. The quantitative estimate of drug-likeness (QED) is 0.226. The number of rotatable bonds is 6. The first-order chi connectivity index (χ1) is 17.8. The highest BCUT2D eigenvalue weighted by Gasteiger charge is 2.24. The van der Waals surface area contributed by atoms with Crippen LogP contribution in [0.4, 0.5) is 0 Å². The first-order valence-corrected chi connectivity index (χ1v) is 13.0. The number of hydrogen-bond acceptors (Lipinski definition) is 6. The van der Waals surface area contributed by atoms with Crippen LogP contribution < -0.4 is 4.74 Å². The third-order valence-corrected chi connectivity index (χ3v) is 7.91. The molecule has 0 aliphatic rings. The molecule has 8 heteroatoms.